The normalized spacial score (nSPS) is 10.3. The lowest BCUT2D eigenvalue weighted by Gasteiger charge is -2.06. The Morgan fingerprint density at radius 2 is 1.94 bits per heavy atom. The molecule has 0 amide bonds. The lowest BCUT2D eigenvalue weighted by atomic mass is 10.4. The Labute approximate surface area is 110 Å². The van der Waals surface area contributed by atoms with Gasteiger partial charge in [-0.2, -0.15) is 0 Å². The third-order valence-electron chi connectivity index (χ3n) is 1.92. The summed E-state index contributed by atoms with van der Waals surface area (Å²) in [6.45, 7) is 0. The van der Waals surface area contributed by atoms with Gasteiger partial charge in [-0.1, -0.05) is 11.8 Å². The number of nitrogen functional groups attached to an aromatic ring is 1. The summed E-state index contributed by atoms with van der Waals surface area (Å²) in [5.41, 5.74) is 2.46. The predicted molar refractivity (Wildman–Crippen MR) is 68.1 cm³/mol. The van der Waals surface area contributed by atoms with Crippen molar-refractivity contribution in [1.82, 2.24) is 9.97 Å². The van der Waals surface area contributed by atoms with Gasteiger partial charge >= 0.3 is 0 Å². The molecule has 0 saturated heterocycles. The standard InChI is InChI=1S/C10H8BrFN4S/c11-8-9(16-13)14-5-15-10(8)17-7-3-1-6(12)2-4-7/h1-5H,13H2,(H,14,15,16). The number of hydrogen-bond donors (Lipinski definition) is 2. The largest absolute Gasteiger partial charge is 0.307 e. The van der Waals surface area contributed by atoms with Crippen molar-refractivity contribution in [3.05, 3.63) is 40.9 Å². The van der Waals surface area contributed by atoms with E-state index in [9.17, 15) is 4.39 Å². The molecular formula is C10H8BrFN4S. The van der Waals surface area contributed by atoms with Crippen molar-refractivity contribution in [3.63, 3.8) is 0 Å². The molecule has 0 bridgehead atoms. The van der Waals surface area contributed by atoms with Gasteiger partial charge in [-0.05, 0) is 40.2 Å². The van der Waals surface area contributed by atoms with E-state index in [4.69, 9.17) is 5.84 Å². The Kier molecular flexibility index (Phi) is 3.93. The van der Waals surface area contributed by atoms with Crippen LogP contribution in [-0.4, -0.2) is 9.97 Å². The highest BCUT2D eigenvalue weighted by Gasteiger charge is 2.09. The molecule has 1 aromatic heterocycles. The van der Waals surface area contributed by atoms with Gasteiger partial charge in [-0.25, -0.2) is 20.2 Å². The van der Waals surface area contributed by atoms with Crippen LogP contribution in [0.1, 0.15) is 0 Å². The first-order chi connectivity index (χ1) is 8.20. The van der Waals surface area contributed by atoms with E-state index >= 15 is 0 Å². The minimum Gasteiger partial charge on any atom is -0.307 e. The predicted octanol–water partition coefficient (Wildman–Crippen LogP) is 2.82. The van der Waals surface area contributed by atoms with Crippen LogP contribution in [0.5, 0.6) is 0 Å². The molecule has 2 rings (SSSR count). The van der Waals surface area contributed by atoms with Crippen molar-refractivity contribution in [3.8, 4) is 0 Å². The van der Waals surface area contributed by atoms with Crippen molar-refractivity contribution >= 4 is 33.5 Å². The molecule has 0 atom stereocenters. The van der Waals surface area contributed by atoms with Crippen LogP contribution in [0, 0.1) is 5.82 Å². The molecule has 4 nitrogen and oxygen atoms in total. The Morgan fingerprint density at radius 1 is 1.24 bits per heavy atom. The van der Waals surface area contributed by atoms with Gasteiger partial charge in [0, 0.05) is 4.90 Å². The fourth-order valence-electron chi connectivity index (χ4n) is 1.14. The topological polar surface area (TPSA) is 63.8 Å². The summed E-state index contributed by atoms with van der Waals surface area (Å²) in [7, 11) is 0. The number of hydrazine groups is 1. The average Bonchev–Trinajstić information content (AvgIpc) is 2.35. The maximum atomic E-state index is 12.8. The number of nitrogens with one attached hydrogen (secondary N) is 1. The first-order valence-corrected chi connectivity index (χ1v) is 6.22. The number of nitrogens with zero attached hydrogens (tertiary/aromatic N) is 2. The van der Waals surface area contributed by atoms with Crippen LogP contribution in [0.25, 0.3) is 0 Å². The summed E-state index contributed by atoms with van der Waals surface area (Å²) in [4.78, 5) is 8.95. The van der Waals surface area contributed by atoms with Gasteiger partial charge in [0.25, 0.3) is 0 Å². The molecule has 0 radical (unpaired) electrons. The van der Waals surface area contributed by atoms with Crippen LogP contribution in [0.15, 0.2) is 45.0 Å². The third-order valence-corrected chi connectivity index (χ3v) is 3.95. The number of benzene rings is 1. The molecular weight excluding hydrogens is 307 g/mol. The van der Waals surface area contributed by atoms with E-state index in [2.05, 4.69) is 31.3 Å². The molecule has 0 unspecified atom stereocenters. The Morgan fingerprint density at radius 3 is 2.59 bits per heavy atom. The highest BCUT2D eigenvalue weighted by Crippen LogP contribution is 2.34. The zero-order valence-corrected chi connectivity index (χ0v) is 10.9. The van der Waals surface area contributed by atoms with E-state index in [1.54, 1.807) is 12.1 Å². The molecule has 0 fully saturated rings. The van der Waals surface area contributed by atoms with Crippen molar-refractivity contribution in [1.29, 1.82) is 0 Å². The zero-order chi connectivity index (χ0) is 12.3. The fourth-order valence-corrected chi connectivity index (χ4v) is 2.48. The van der Waals surface area contributed by atoms with E-state index in [1.165, 1.54) is 30.2 Å². The number of anilines is 1. The van der Waals surface area contributed by atoms with Gasteiger partial charge < -0.3 is 5.43 Å². The Balaban J connectivity index is 2.27. The van der Waals surface area contributed by atoms with Crippen molar-refractivity contribution in [2.45, 2.75) is 9.92 Å². The van der Waals surface area contributed by atoms with Crippen LogP contribution >= 0.6 is 27.7 Å². The van der Waals surface area contributed by atoms with Crippen molar-refractivity contribution in [2.24, 2.45) is 5.84 Å². The van der Waals surface area contributed by atoms with Gasteiger partial charge in [-0.15, -0.1) is 0 Å². The van der Waals surface area contributed by atoms with Gasteiger partial charge in [0.15, 0.2) is 5.82 Å². The van der Waals surface area contributed by atoms with E-state index in [-0.39, 0.29) is 5.82 Å². The van der Waals surface area contributed by atoms with Crippen molar-refractivity contribution < 1.29 is 4.39 Å². The first kappa shape index (κ1) is 12.3. The SMILES string of the molecule is NNc1ncnc(Sc2ccc(F)cc2)c1Br. The summed E-state index contributed by atoms with van der Waals surface area (Å²) < 4.78 is 13.4. The Bertz CT molecular complexity index is 520. The molecule has 88 valence electrons. The van der Waals surface area contributed by atoms with Gasteiger partial charge in [0.1, 0.15) is 17.2 Å². The van der Waals surface area contributed by atoms with Crippen LogP contribution in [-0.2, 0) is 0 Å². The molecule has 17 heavy (non-hydrogen) atoms. The number of rotatable bonds is 3. The van der Waals surface area contributed by atoms with Gasteiger partial charge in [-0.3, -0.25) is 0 Å². The minimum atomic E-state index is -0.264. The van der Waals surface area contributed by atoms with Crippen molar-refractivity contribution in [2.75, 3.05) is 5.43 Å². The molecule has 7 heteroatoms. The molecule has 0 saturated carbocycles. The van der Waals surface area contributed by atoms with Gasteiger partial charge in [0.05, 0.1) is 4.47 Å². The third kappa shape index (κ3) is 2.93. The maximum absolute atomic E-state index is 12.8. The number of aromatic nitrogens is 2. The van der Waals surface area contributed by atoms with Gasteiger partial charge in [0.2, 0.25) is 0 Å². The molecule has 0 aliphatic rings. The number of hydrogen-bond acceptors (Lipinski definition) is 5. The van der Waals surface area contributed by atoms with E-state index in [0.29, 0.717) is 15.3 Å². The highest BCUT2D eigenvalue weighted by atomic mass is 79.9. The van der Waals surface area contributed by atoms with Crippen LogP contribution < -0.4 is 11.3 Å². The second-order valence-electron chi connectivity index (χ2n) is 3.04. The summed E-state index contributed by atoms with van der Waals surface area (Å²) in [6, 6.07) is 6.17. The monoisotopic (exact) mass is 314 g/mol. The molecule has 0 spiro atoms. The first-order valence-electron chi connectivity index (χ1n) is 4.61. The molecule has 0 aliphatic heterocycles. The van der Waals surface area contributed by atoms with Crippen LogP contribution in [0.4, 0.5) is 10.2 Å². The lowest BCUT2D eigenvalue weighted by Crippen LogP contribution is -2.09. The average molecular weight is 315 g/mol. The molecule has 3 N–H and O–H groups in total. The molecule has 2 aromatic rings. The smallest absolute Gasteiger partial charge is 0.158 e. The number of halogens is 2. The summed E-state index contributed by atoms with van der Waals surface area (Å²) in [5.74, 6) is 5.54. The van der Waals surface area contributed by atoms with Crippen LogP contribution in [0.3, 0.4) is 0 Å². The summed E-state index contributed by atoms with van der Waals surface area (Å²) in [6.07, 6.45) is 1.41. The molecule has 1 heterocycles. The van der Waals surface area contributed by atoms with E-state index in [1.807, 2.05) is 0 Å². The summed E-state index contributed by atoms with van der Waals surface area (Å²) in [5, 5.41) is 0.708. The Hall–Kier alpha value is -1.18. The number of nitrogens with two attached hydrogens (primary N) is 1. The summed E-state index contributed by atoms with van der Waals surface area (Å²) >= 11 is 4.74. The maximum Gasteiger partial charge on any atom is 0.158 e. The minimum absolute atomic E-state index is 0.264. The van der Waals surface area contributed by atoms with Crippen LogP contribution in [0.2, 0.25) is 0 Å². The zero-order valence-electron chi connectivity index (χ0n) is 8.52. The molecule has 0 aliphatic carbocycles. The van der Waals surface area contributed by atoms with E-state index in [0.717, 1.165) is 4.90 Å². The highest BCUT2D eigenvalue weighted by molar-refractivity contribution is 9.10. The quantitative estimate of drug-likeness (QED) is 0.518. The molecule has 1 aromatic carbocycles. The fraction of sp³-hybridized carbons (Fsp3) is 0. The van der Waals surface area contributed by atoms with E-state index < -0.39 is 0 Å². The lowest BCUT2D eigenvalue weighted by molar-refractivity contribution is 0.626. The second-order valence-corrected chi connectivity index (χ2v) is 4.90. The second kappa shape index (κ2) is 5.44.